The number of hydrogen-bond acceptors (Lipinski definition) is 7. The van der Waals surface area contributed by atoms with E-state index in [1.165, 1.54) is 0 Å². The molecule has 0 aliphatic rings. The van der Waals surface area contributed by atoms with Crippen molar-refractivity contribution in [3.63, 3.8) is 0 Å². The maximum atomic E-state index is 5.96. The first kappa shape index (κ1) is 23.1. The molecule has 0 spiro atoms. The molecule has 0 atom stereocenters. The molecule has 7 heteroatoms. The van der Waals surface area contributed by atoms with Crippen LogP contribution in [0.15, 0.2) is 126 Å². The second-order valence-corrected chi connectivity index (χ2v) is 9.66. The molecule has 0 saturated heterocycles. The maximum Gasteiger partial charge on any atom is 0.164 e. The van der Waals surface area contributed by atoms with Crippen molar-refractivity contribution in [3.8, 4) is 45.6 Å². The molecular formula is C34H20N6O. The number of aromatic nitrogens is 6. The standard InChI is InChI=1S/C34H20N6O/c1-3-9-21(10-4-1)32-38-33(22-11-5-2-6-12-22)40-34(39-32)23-15-16-25-27(17-23)36-20-37-31(25)28-18-26-24-13-7-8-14-29(24)41-30(26)19-35-28/h1-20H. The van der Waals surface area contributed by atoms with Crippen LogP contribution >= 0.6 is 0 Å². The lowest BCUT2D eigenvalue weighted by atomic mass is 10.1. The third kappa shape index (κ3) is 4.08. The number of rotatable bonds is 4. The zero-order valence-corrected chi connectivity index (χ0v) is 21.6. The van der Waals surface area contributed by atoms with Crippen LogP contribution in [-0.2, 0) is 0 Å². The highest BCUT2D eigenvalue weighted by molar-refractivity contribution is 6.06. The van der Waals surface area contributed by atoms with Gasteiger partial charge in [0.2, 0.25) is 0 Å². The van der Waals surface area contributed by atoms with Crippen molar-refractivity contribution in [2.45, 2.75) is 0 Å². The number of benzene rings is 4. The summed E-state index contributed by atoms with van der Waals surface area (Å²) in [4.78, 5) is 28.4. The van der Waals surface area contributed by atoms with Gasteiger partial charge in [-0.15, -0.1) is 0 Å². The average Bonchev–Trinajstić information content (AvgIpc) is 3.43. The molecule has 0 bridgehead atoms. The van der Waals surface area contributed by atoms with E-state index in [0.29, 0.717) is 17.5 Å². The summed E-state index contributed by atoms with van der Waals surface area (Å²) in [6.45, 7) is 0. The van der Waals surface area contributed by atoms with Gasteiger partial charge in [-0.1, -0.05) is 84.9 Å². The van der Waals surface area contributed by atoms with Crippen LogP contribution in [0.3, 0.4) is 0 Å². The summed E-state index contributed by atoms with van der Waals surface area (Å²) in [5.74, 6) is 1.80. The van der Waals surface area contributed by atoms with E-state index in [-0.39, 0.29) is 0 Å². The molecule has 0 unspecified atom stereocenters. The summed E-state index contributed by atoms with van der Waals surface area (Å²) in [5.41, 5.74) is 6.53. The average molecular weight is 529 g/mol. The third-order valence-electron chi connectivity index (χ3n) is 7.10. The van der Waals surface area contributed by atoms with Crippen LogP contribution in [-0.4, -0.2) is 29.9 Å². The van der Waals surface area contributed by atoms with Gasteiger partial charge >= 0.3 is 0 Å². The first-order valence-electron chi connectivity index (χ1n) is 13.2. The molecule has 0 saturated carbocycles. The molecule has 4 aromatic heterocycles. The topological polar surface area (TPSA) is 90.5 Å². The fourth-order valence-corrected chi connectivity index (χ4v) is 5.10. The lowest BCUT2D eigenvalue weighted by Gasteiger charge is -2.10. The quantitative estimate of drug-likeness (QED) is 0.230. The largest absolute Gasteiger partial charge is 0.454 e. The number of nitrogens with zero attached hydrogens (tertiary/aromatic N) is 6. The third-order valence-corrected chi connectivity index (χ3v) is 7.10. The van der Waals surface area contributed by atoms with Gasteiger partial charge in [-0.3, -0.25) is 4.98 Å². The Morgan fingerprint density at radius 1 is 0.463 bits per heavy atom. The molecule has 0 amide bonds. The highest BCUT2D eigenvalue weighted by atomic mass is 16.3. The minimum atomic E-state index is 0.573. The smallest absolute Gasteiger partial charge is 0.164 e. The summed E-state index contributed by atoms with van der Waals surface area (Å²) in [6, 6.07) is 35.9. The van der Waals surface area contributed by atoms with E-state index in [0.717, 1.165) is 60.9 Å². The van der Waals surface area contributed by atoms with Gasteiger partial charge in [-0.25, -0.2) is 24.9 Å². The minimum absolute atomic E-state index is 0.573. The number of para-hydroxylation sites is 1. The van der Waals surface area contributed by atoms with Gasteiger partial charge in [0.1, 0.15) is 11.9 Å². The van der Waals surface area contributed by atoms with Gasteiger partial charge < -0.3 is 4.42 Å². The van der Waals surface area contributed by atoms with Crippen LogP contribution in [0.1, 0.15) is 0 Å². The van der Waals surface area contributed by atoms with Crippen molar-refractivity contribution in [2.75, 3.05) is 0 Å². The molecule has 8 aromatic rings. The van der Waals surface area contributed by atoms with Gasteiger partial charge in [-0.05, 0) is 24.3 Å². The lowest BCUT2D eigenvalue weighted by Crippen LogP contribution is -2.00. The van der Waals surface area contributed by atoms with Crippen molar-refractivity contribution in [1.82, 2.24) is 29.9 Å². The summed E-state index contributed by atoms with van der Waals surface area (Å²) < 4.78 is 5.96. The Labute approximate surface area is 234 Å². The molecular weight excluding hydrogens is 508 g/mol. The van der Waals surface area contributed by atoms with Crippen molar-refractivity contribution in [3.05, 3.63) is 122 Å². The molecule has 0 aliphatic heterocycles. The molecule has 8 rings (SSSR count). The van der Waals surface area contributed by atoms with E-state index < -0.39 is 0 Å². The zero-order chi connectivity index (χ0) is 27.2. The first-order valence-corrected chi connectivity index (χ1v) is 13.2. The molecule has 41 heavy (non-hydrogen) atoms. The Morgan fingerprint density at radius 2 is 1.12 bits per heavy atom. The van der Waals surface area contributed by atoms with Gasteiger partial charge in [0, 0.05) is 32.8 Å². The second-order valence-electron chi connectivity index (χ2n) is 9.66. The monoisotopic (exact) mass is 528 g/mol. The normalized spacial score (nSPS) is 11.4. The summed E-state index contributed by atoms with van der Waals surface area (Å²) >= 11 is 0. The molecule has 0 N–H and O–H groups in total. The van der Waals surface area contributed by atoms with E-state index in [1.54, 1.807) is 12.5 Å². The van der Waals surface area contributed by atoms with E-state index in [4.69, 9.17) is 19.4 Å². The highest BCUT2D eigenvalue weighted by Gasteiger charge is 2.16. The fraction of sp³-hybridized carbons (Fsp3) is 0. The summed E-state index contributed by atoms with van der Waals surface area (Å²) in [6.07, 6.45) is 3.33. The van der Waals surface area contributed by atoms with Crippen molar-refractivity contribution >= 4 is 32.8 Å². The Bertz CT molecular complexity index is 2150. The molecule has 0 radical (unpaired) electrons. The Morgan fingerprint density at radius 3 is 1.85 bits per heavy atom. The number of hydrogen-bond donors (Lipinski definition) is 0. The van der Waals surface area contributed by atoms with Crippen LogP contribution in [0, 0.1) is 0 Å². The van der Waals surface area contributed by atoms with Crippen molar-refractivity contribution < 1.29 is 4.42 Å². The SMILES string of the molecule is c1ccc(-c2nc(-c3ccccc3)nc(-c3ccc4c(-c5cc6c(cn5)oc5ccccc56)ncnc4c3)n2)cc1. The van der Waals surface area contributed by atoms with Crippen LogP contribution in [0.25, 0.3) is 78.4 Å². The van der Waals surface area contributed by atoms with E-state index in [1.807, 2.05) is 103 Å². The van der Waals surface area contributed by atoms with Crippen LogP contribution in [0.5, 0.6) is 0 Å². The number of pyridine rings is 1. The molecule has 7 nitrogen and oxygen atoms in total. The number of furan rings is 1. The van der Waals surface area contributed by atoms with Crippen molar-refractivity contribution in [2.24, 2.45) is 0 Å². The van der Waals surface area contributed by atoms with Crippen molar-refractivity contribution in [1.29, 1.82) is 0 Å². The zero-order valence-electron chi connectivity index (χ0n) is 21.6. The van der Waals surface area contributed by atoms with Gasteiger partial charge in [0.15, 0.2) is 23.1 Å². The Balaban J connectivity index is 1.26. The predicted molar refractivity (Wildman–Crippen MR) is 160 cm³/mol. The fourth-order valence-electron chi connectivity index (χ4n) is 5.10. The van der Waals surface area contributed by atoms with Gasteiger partial charge in [-0.2, -0.15) is 0 Å². The molecule has 4 heterocycles. The van der Waals surface area contributed by atoms with E-state index in [9.17, 15) is 0 Å². The van der Waals surface area contributed by atoms with Gasteiger partial charge in [0.05, 0.1) is 23.1 Å². The lowest BCUT2D eigenvalue weighted by molar-refractivity contribution is 0.667. The molecule has 192 valence electrons. The van der Waals surface area contributed by atoms with E-state index in [2.05, 4.69) is 21.0 Å². The summed E-state index contributed by atoms with van der Waals surface area (Å²) in [7, 11) is 0. The molecule has 4 aromatic carbocycles. The van der Waals surface area contributed by atoms with Crippen LogP contribution in [0.2, 0.25) is 0 Å². The molecule has 0 fully saturated rings. The van der Waals surface area contributed by atoms with E-state index >= 15 is 0 Å². The van der Waals surface area contributed by atoms with Crippen LogP contribution < -0.4 is 0 Å². The maximum absolute atomic E-state index is 5.96. The summed E-state index contributed by atoms with van der Waals surface area (Å²) in [5, 5.41) is 2.93. The minimum Gasteiger partial charge on any atom is -0.454 e. The molecule has 0 aliphatic carbocycles. The highest BCUT2D eigenvalue weighted by Crippen LogP contribution is 2.33. The van der Waals surface area contributed by atoms with Gasteiger partial charge in [0.25, 0.3) is 0 Å². The predicted octanol–water partition coefficient (Wildman–Crippen LogP) is 7.78. The first-order chi connectivity index (χ1) is 20.3. The Hall–Kier alpha value is -5.82. The number of fused-ring (bicyclic) bond motifs is 4. The Kier molecular flexibility index (Phi) is 5.31. The second kappa shape index (κ2) is 9.43. The van der Waals surface area contributed by atoms with Crippen LogP contribution in [0.4, 0.5) is 0 Å².